The van der Waals surface area contributed by atoms with Crippen molar-refractivity contribution in [1.29, 1.82) is 0 Å². The number of esters is 1. The summed E-state index contributed by atoms with van der Waals surface area (Å²) in [5, 5.41) is 2.72. The number of nitrogens with zero attached hydrogens (tertiary/aromatic N) is 1. The van der Waals surface area contributed by atoms with E-state index in [2.05, 4.69) is 5.32 Å². The quantitative estimate of drug-likeness (QED) is 0.528. The molecule has 0 aromatic heterocycles. The Bertz CT molecular complexity index is 989. The van der Waals surface area contributed by atoms with E-state index >= 15 is 0 Å². The molecule has 0 aliphatic carbocycles. The predicted molar refractivity (Wildman–Crippen MR) is 120 cm³/mol. The van der Waals surface area contributed by atoms with Crippen LogP contribution in [0.3, 0.4) is 0 Å². The summed E-state index contributed by atoms with van der Waals surface area (Å²) in [5.41, 5.74) is 1.33. The number of carbonyl (C=O) groups is 2. The van der Waals surface area contributed by atoms with Crippen LogP contribution in [0.25, 0.3) is 0 Å². The van der Waals surface area contributed by atoms with Gasteiger partial charge >= 0.3 is 5.97 Å². The first kappa shape index (κ1) is 24.2. The monoisotopic (exact) mass is 448 g/mol. The minimum Gasteiger partial charge on any atom is -0.494 e. The molecule has 2 aromatic rings. The summed E-state index contributed by atoms with van der Waals surface area (Å²) in [6.45, 7) is 4.53. The molecule has 168 valence electrons. The largest absolute Gasteiger partial charge is 0.494 e. The Labute approximate surface area is 183 Å². The van der Waals surface area contributed by atoms with Gasteiger partial charge in [0.05, 0.1) is 30.7 Å². The number of benzene rings is 2. The van der Waals surface area contributed by atoms with Crippen molar-refractivity contribution in [1.82, 2.24) is 0 Å². The van der Waals surface area contributed by atoms with Crippen LogP contribution >= 0.6 is 0 Å². The lowest BCUT2D eigenvalue weighted by Gasteiger charge is -2.22. The maximum Gasteiger partial charge on any atom is 0.338 e. The topological polar surface area (TPSA) is 102 Å². The van der Waals surface area contributed by atoms with Gasteiger partial charge in [0.25, 0.3) is 0 Å². The summed E-state index contributed by atoms with van der Waals surface area (Å²) in [7, 11) is -3.51. The Morgan fingerprint density at radius 3 is 2.35 bits per heavy atom. The lowest BCUT2D eigenvalue weighted by Crippen LogP contribution is -2.31. The van der Waals surface area contributed by atoms with Crippen LogP contribution in [0.2, 0.25) is 0 Å². The fraction of sp³-hybridized carbons (Fsp3) is 0.364. The van der Waals surface area contributed by atoms with Crippen LogP contribution in [0.4, 0.5) is 11.4 Å². The fourth-order valence-corrected chi connectivity index (χ4v) is 3.87. The van der Waals surface area contributed by atoms with E-state index in [1.807, 2.05) is 6.92 Å². The molecule has 8 nitrogen and oxygen atoms in total. The summed E-state index contributed by atoms with van der Waals surface area (Å²) in [6, 6.07) is 13.2. The zero-order chi connectivity index (χ0) is 22.9. The van der Waals surface area contributed by atoms with Crippen LogP contribution in [0.1, 0.15) is 37.0 Å². The van der Waals surface area contributed by atoms with Crippen molar-refractivity contribution in [3.05, 3.63) is 54.1 Å². The second-order valence-corrected chi connectivity index (χ2v) is 8.62. The number of hydrogen-bond acceptors (Lipinski definition) is 6. The minimum atomic E-state index is -3.51. The predicted octanol–water partition coefficient (Wildman–Crippen LogP) is 3.45. The maximum atomic E-state index is 12.3. The second-order valence-electron chi connectivity index (χ2n) is 6.72. The van der Waals surface area contributed by atoms with Gasteiger partial charge in [0.1, 0.15) is 5.75 Å². The molecule has 31 heavy (non-hydrogen) atoms. The maximum absolute atomic E-state index is 12.3. The average molecular weight is 449 g/mol. The van der Waals surface area contributed by atoms with Crippen LogP contribution in [0, 0.1) is 0 Å². The van der Waals surface area contributed by atoms with Gasteiger partial charge in [0.15, 0.2) is 0 Å². The van der Waals surface area contributed by atoms with Gasteiger partial charge in [0.2, 0.25) is 15.9 Å². The lowest BCUT2D eigenvalue weighted by molar-refractivity contribution is -0.116. The highest BCUT2D eigenvalue weighted by atomic mass is 32.2. The first-order chi connectivity index (χ1) is 14.7. The Hall–Kier alpha value is -3.07. The Balaban J connectivity index is 1.95. The number of hydrogen-bond donors (Lipinski definition) is 1. The standard InChI is InChI=1S/C22H28N2O6S/c1-4-29-20-13-11-19(12-14-20)24(31(3,27)28)15-7-10-21(25)23-18-9-6-8-17(16-18)22(26)30-5-2/h6,8-9,11-14,16H,4-5,7,10,15H2,1-3H3,(H,23,25). The zero-order valence-corrected chi connectivity index (χ0v) is 18.8. The molecule has 0 aliphatic heterocycles. The van der Waals surface area contributed by atoms with Crippen LogP contribution in [-0.2, 0) is 19.6 Å². The number of anilines is 2. The summed E-state index contributed by atoms with van der Waals surface area (Å²) in [6.07, 6.45) is 1.57. The summed E-state index contributed by atoms with van der Waals surface area (Å²) >= 11 is 0. The number of nitrogens with one attached hydrogen (secondary N) is 1. The molecule has 0 bridgehead atoms. The molecule has 2 aromatic carbocycles. The van der Waals surface area contributed by atoms with Gasteiger partial charge in [-0.15, -0.1) is 0 Å². The third kappa shape index (κ3) is 7.60. The van der Waals surface area contributed by atoms with Crippen molar-refractivity contribution >= 4 is 33.3 Å². The van der Waals surface area contributed by atoms with Gasteiger partial charge in [0, 0.05) is 18.7 Å². The van der Waals surface area contributed by atoms with Gasteiger partial charge in [-0.05, 0) is 62.7 Å². The summed E-state index contributed by atoms with van der Waals surface area (Å²) < 4.78 is 36.0. The molecular weight excluding hydrogens is 420 g/mol. The van der Waals surface area contributed by atoms with E-state index in [0.29, 0.717) is 35.7 Å². The van der Waals surface area contributed by atoms with Crippen molar-refractivity contribution in [3.63, 3.8) is 0 Å². The molecule has 9 heteroatoms. The number of ether oxygens (including phenoxy) is 2. The molecule has 0 saturated heterocycles. The highest BCUT2D eigenvalue weighted by Crippen LogP contribution is 2.22. The number of amides is 1. The minimum absolute atomic E-state index is 0.118. The van der Waals surface area contributed by atoms with Gasteiger partial charge in [-0.3, -0.25) is 9.10 Å². The Morgan fingerprint density at radius 1 is 1.03 bits per heavy atom. The van der Waals surface area contributed by atoms with Crippen LogP contribution in [0.5, 0.6) is 5.75 Å². The first-order valence-electron chi connectivity index (χ1n) is 10.0. The van der Waals surface area contributed by atoms with Gasteiger partial charge in [-0.25, -0.2) is 13.2 Å². The van der Waals surface area contributed by atoms with Crippen LogP contribution < -0.4 is 14.4 Å². The van der Waals surface area contributed by atoms with E-state index < -0.39 is 16.0 Å². The van der Waals surface area contributed by atoms with Crippen molar-refractivity contribution < 1.29 is 27.5 Å². The molecule has 0 radical (unpaired) electrons. The highest BCUT2D eigenvalue weighted by molar-refractivity contribution is 7.92. The third-order valence-electron chi connectivity index (χ3n) is 4.26. The van der Waals surface area contributed by atoms with Crippen molar-refractivity contribution in [2.75, 3.05) is 35.6 Å². The Kier molecular flexibility index (Phi) is 8.87. The number of sulfonamides is 1. The first-order valence-corrected chi connectivity index (χ1v) is 11.9. The van der Waals surface area contributed by atoms with Gasteiger partial charge in [-0.2, -0.15) is 0 Å². The smallest absolute Gasteiger partial charge is 0.338 e. The Morgan fingerprint density at radius 2 is 1.74 bits per heavy atom. The molecule has 1 N–H and O–H groups in total. The highest BCUT2D eigenvalue weighted by Gasteiger charge is 2.18. The molecule has 0 heterocycles. The number of carbonyl (C=O) groups excluding carboxylic acids is 2. The van der Waals surface area contributed by atoms with E-state index in [0.717, 1.165) is 6.26 Å². The molecule has 0 saturated carbocycles. The van der Waals surface area contributed by atoms with Crippen molar-refractivity contribution in [3.8, 4) is 5.75 Å². The third-order valence-corrected chi connectivity index (χ3v) is 5.45. The summed E-state index contributed by atoms with van der Waals surface area (Å²) in [5.74, 6) is -0.0805. The molecule has 0 unspecified atom stereocenters. The van der Waals surface area contributed by atoms with E-state index in [9.17, 15) is 18.0 Å². The SMILES string of the molecule is CCOC(=O)c1cccc(NC(=O)CCCN(c2ccc(OCC)cc2)S(C)(=O)=O)c1. The second kappa shape index (κ2) is 11.4. The van der Waals surface area contributed by atoms with E-state index in [4.69, 9.17) is 9.47 Å². The summed E-state index contributed by atoms with van der Waals surface area (Å²) in [4.78, 5) is 24.1. The molecule has 0 aliphatic rings. The van der Waals surface area contributed by atoms with E-state index in [-0.39, 0.29) is 25.5 Å². The lowest BCUT2D eigenvalue weighted by atomic mass is 10.2. The molecule has 0 spiro atoms. The normalized spacial score (nSPS) is 10.9. The molecule has 1 amide bonds. The van der Waals surface area contributed by atoms with Gasteiger partial charge in [-0.1, -0.05) is 6.07 Å². The van der Waals surface area contributed by atoms with E-state index in [1.165, 1.54) is 4.31 Å². The van der Waals surface area contributed by atoms with Crippen LogP contribution in [0.15, 0.2) is 48.5 Å². The molecular formula is C22H28N2O6S. The van der Waals surface area contributed by atoms with E-state index in [1.54, 1.807) is 55.5 Å². The molecule has 0 atom stereocenters. The van der Waals surface area contributed by atoms with Crippen molar-refractivity contribution in [2.24, 2.45) is 0 Å². The molecule has 0 fully saturated rings. The average Bonchev–Trinajstić information content (AvgIpc) is 2.72. The van der Waals surface area contributed by atoms with Gasteiger partial charge < -0.3 is 14.8 Å². The molecule has 2 rings (SSSR count). The number of rotatable bonds is 11. The fourth-order valence-electron chi connectivity index (χ4n) is 2.91. The van der Waals surface area contributed by atoms with Crippen molar-refractivity contribution in [2.45, 2.75) is 26.7 Å². The zero-order valence-electron chi connectivity index (χ0n) is 18.0. The van der Waals surface area contributed by atoms with Crippen LogP contribution in [-0.4, -0.2) is 46.3 Å².